The Morgan fingerprint density at radius 2 is 2.04 bits per heavy atom. The van der Waals surface area contributed by atoms with Crippen LogP contribution < -0.4 is 4.90 Å². The molecule has 1 unspecified atom stereocenters. The van der Waals surface area contributed by atoms with Gasteiger partial charge in [0.15, 0.2) is 0 Å². The third kappa shape index (κ3) is 3.39. The second-order valence-electron chi connectivity index (χ2n) is 6.62. The monoisotopic (exact) mass is 316 g/mol. The zero-order chi connectivity index (χ0) is 16.4. The lowest BCUT2D eigenvalue weighted by Crippen LogP contribution is -2.50. The van der Waals surface area contributed by atoms with Gasteiger partial charge in [-0.1, -0.05) is 18.6 Å². The molecule has 1 saturated heterocycles. The Hall–Kier alpha value is -1.88. The second kappa shape index (κ2) is 6.71. The first kappa shape index (κ1) is 16.0. The summed E-state index contributed by atoms with van der Waals surface area (Å²) in [6, 6.07) is 5.70. The molecule has 2 heterocycles. The largest absolute Gasteiger partial charge is 0.481 e. The molecule has 1 aromatic carbocycles. The Morgan fingerprint density at radius 3 is 2.78 bits per heavy atom. The van der Waals surface area contributed by atoms with Gasteiger partial charge in [0.2, 0.25) is 5.91 Å². The van der Waals surface area contributed by atoms with Crippen molar-refractivity contribution in [2.75, 3.05) is 25.0 Å². The third-order valence-electron chi connectivity index (χ3n) is 4.95. The fourth-order valence-corrected chi connectivity index (χ4v) is 3.70. The van der Waals surface area contributed by atoms with Crippen LogP contribution in [0.2, 0.25) is 0 Å². The van der Waals surface area contributed by atoms with Crippen LogP contribution in [0.3, 0.4) is 0 Å². The number of likely N-dealkylation sites (N-methyl/N-ethyl adjacent to an activating group) is 1. The smallest absolute Gasteiger partial charge is 0.307 e. The number of nitrogens with zero attached hydrogens (tertiary/aromatic N) is 2. The highest BCUT2D eigenvalue weighted by Crippen LogP contribution is 2.30. The van der Waals surface area contributed by atoms with Crippen LogP contribution in [-0.2, 0) is 22.4 Å². The van der Waals surface area contributed by atoms with E-state index in [0.717, 1.165) is 62.0 Å². The summed E-state index contributed by atoms with van der Waals surface area (Å²) in [5, 5.41) is 9.00. The minimum absolute atomic E-state index is 0.00135. The molecule has 3 rings (SSSR count). The number of hydrogen-bond donors (Lipinski definition) is 1. The van der Waals surface area contributed by atoms with Crippen molar-refractivity contribution in [1.29, 1.82) is 0 Å². The molecular formula is C18H24N2O3. The number of aryl methyl sites for hydroxylation is 1. The number of carbonyl (C=O) groups excluding carboxylic acids is 1. The van der Waals surface area contributed by atoms with Crippen molar-refractivity contribution in [1.82, 2.24) is 4.90 Å². The Labute approximate surface area is 136 Å². The average Bonchev–Trinajstić information content (AvgIpc) is 2.53. The molecule has 5 nitrogen and oxygen atoms in total. The summed E-state index contributed by atoms with van der Waals surface area (Å²) in [5.74, 6) is -0.675. The van der Waals surface area contributed by atoms with Crippen molar-refractivity contribution in [2.45, 2.75) is 44.6 Å². The van der Waals surface area contributed by atoms with E-state index in [4.69, 9.17) is 5.11 Å². The lowest BCUT2D eigenvalue weighted by atomic mass is 9.96. The summed E-state index contributed by atoms with van der Waals surface area (Å²) in [6.45, 7) is 1.70. The number of piperidine rings is 1. The van der Waals surface area contributed by atoms with E-state index in [9.17, 15) is 9.59 Å². The molecule has 1 aromatic rings. The van der Waals surface area contributed by atoms with Crippen LogP contribution in [0.1, 0.15) is 36.8 Å². The standard InChI is InChI=1S/C18H24N2O3/c1-19-9-3-2-6-15(19)18(23)20-10-4-5-14-8-7-13(11-16(14)20)12-17(21)22/h7-8,11,15H,2-6,9-10,12H2,1H3,(H,21,22). The van der Waals surface area contributed by atoms with Crippen LogP contribution in [0.5, 0.6) is 0 Å². The van der Waals surface area contributed by atoms with Crippen molar-refractivity contribution in [3.63, 3.8) is 0 Å². The van der Waals surface area contributed by atoms with E-state index in [1.165, 1.54) is 0 Å². The highest BCUT2D eigenvalue weighted by atomic mass is 16.4. The summed E-state index contributed by atoms with van der Waals surface area (Å²) in [4.78, 5) is 28.0. The maximum absolute atomic E-state index is 13.0. The number of carboxylic acids is 1. The molecular weight excluding hydrogens is 292 g/mol. The van der Waals surface area contributed by atoms with E-state index in [1.54, 1.807) is 0 Å². The van der Waals surface area contributed by atoms with Crippen molar-refractivity contribution >= 4 is 17.6 Å². The lowest BCUT2D eigenvalue weighted by molar-refractivity contribution is -0.136. The van der Waals surface area contributed by atoms with Gasteiger partial charge in [-0.2, -0.15) is 0 Å². The maximum atomic E-state index is 13.0. The van der Waals surface area contributed by atoms with Crippen molar-refractivity contribution in [3.05, 3.63) is 29.3 Å². The molecule has 1 fully saturated rings. The first-order chi connectivity index (χ1) is 11.1. The maximum Gasteiger partial charge on any atom is 0.307 e. The predicted octanol–water partition coefficient (Wildman–Crippen LogP) is 2.08. The van der Waals surface area contributed by atoms with E-state index in [0.29, 0.717) is 0 Å². The Kier molecular flexibility index (Phi) is 4.66. The molecule has 1 N–H and O–H groups in total. The fraction of sp³-hybridized carbons (Fsp3) is 0.556. The van der Waals surface area contributed by atoms with Crippen LogP contribution in [0, 0.1) is 0 Å². The van der Waals surface area contributed by atoms with Crippen molar-refractivity contribution < 1.29 is 14.7 Å². The van der Waals surface area contributed by atoms with Crippen LogP contribution in [0.15, 0.2) is 18.2 Å². The number of anilines is 1. The van der Waals surface area contributed by atoms with Gasteiger partial charge in [0, 0.05) is 12.2 Å². The predicted molar refractivity (Wildman–Crippen MR) is 88.7 cm³/mol. The molecule has 23 heavy (non-hydrogen) atoms. The molecule has 0 radical (unpaired) electrons. The van der Waals surface area contributed by atoms with Crippen LogP contribution >= 0.6 is 0 Å². The van der Waals surface area contributed by atoms with Crippen LogP contribution in [0.4, 0.5) is 5.69 Å². The lowest BCUT2D eigenvalue weighted by Gasteiger charge is -2.37. The van der Waals surface area contributed by atoms with Crippen molar-refractivity contribution in [3.8, 4) is 0 Å². The number of benzene rings is 1. The van der Waals surface area contributed by atoms with Gasteiger partial charge in [-0.15, -0.1) is 0 Å². The molecule has 0 bridgehead atoms. The number of likely N-dealkylation sites (tertiary alicyclic amines) is 1. The topological polar surface area (TPSA) is 60.9 Å². The molecule has 0 spiro atoms. The van der Waals surface area contributed by atoms with E-state index in [-0.39, 0.29) is 18.4 Å². The number of fused-ring (bicyclic) bond motifs is 1. The van der Waals surface area contributed by atoms with E-state index >= 15 is 0 Å². The van der Waals surface area contributed by atoms with Crippen LogP contribution in [-0.4, -0.2) is 48.1 Å². The van der Waals surface area contributed by atoms with Gasteiger partial charge < -0.3 is 10.0 Å². The Balaban J connectivity index is 1.87. The van der Waals surface area contributed by atoms with Crippen molar-refractivity contribution in [2.24, 2.45) is 0 Å². The van der Waals surface area contributed by atoms with Gasteiger partial charge in [0.05, 0.1) is 12.5 Å². The number of carbonyl (C=O) groups is 2. The third-order valence-corrected chi connectivity index (χ3v) is 4.95. The summed E-state index contributed by atoms with van der Waals surface area (Å²) in [5.41, 5.74) is 2.82. The summed E-state index contributed by atoms with van der Waals surface area (Å²) < 4.78 is 0. The molecule has 0 aliphatic carbocycles. The zero-order valence-electron chi connectivity index (χ0n) is 13.6. The fourth-order valence-electron chi connectivity index (χ4n) is 3.70. The highest BCUT2D eigenvalue weighted by molar-refractivity contribution is 5.98. The van der Waals surface area contributed by atoms with Gasteiger partial charge in [-0.05, 0) is 56.5 Å². The van der Waals surface area contributed by atoms with E-state index < -0.39 is 5.97 Å². The Morgan fingerprint density at radius 1 is 1.22 bits per heavy atom. The molecule has 0 saturated carbocycles. The van der Waals surface area contributed by atoms with Gasteiger partial charge in [-0.3, -0.25) is 14.5 Å². The second-order valence-corrected chi connectivity index (χ2v) is 6.62. The normalized spacial score (nSPS) is 21.8. The number of hydrogen-bond acceptors (Lipinski definition) is 3. The van der Waals surface area contributed by atoms with Gasteiger partial charge in [-0.25, -0.2) is 0 Å². The number of carboxylic acid groups (broad SMARTS) is 1. The SMILES string of the molecule is CN1CCCCC1C(=O)N1CCCc2ccc(CC(=O)O)cc21. The molecule has 0 aromatic heterocycles. The van der Waals surface area contributed by atoms with Gasteiger partial charge in [0.1, 0.15) is 0 Å². The minimum atomic E-state index is -0.842. The van der Waals surface area contributed by atoms with E-state index in [1.807, 2.05) is 30.1 Å². The number of rotatable bonds is 3. The highest BCUT2D eigenvalue weighted by Gasteiger charge is 2.32. The first-order valence-corrected chi connectivity index (χ1v) is 8.41. The molecule has 1 amide bonds. The first-order valence-electron chi connectivity index (χ1n) is 8.41. The van der Waals surface area contributed by atoms with Gasteiger partial charge in [0.25, 0.3) is 0 Å². The molecule has 1 atom stereocenters. The van der Waals surface area contributed by atoms with E-state index in [2.05, 4.69) is 4.90 Å². The molecule has 124 valence electrons. The van der Waals surface area contributed by atoms with Crippen LogP contribution in [0.25, 0.3) is 0 Å². The molecule has 2 aliphatic rings. The Bertz CT molecular complexity index is 614. The molecule has 2 aliphatic heterocycles. The summed E-state index contributed by atoms with van der Waals surface area (Å²) >= 11 is 0. The quantitative estimate of drug-likeness (QED) is 0.927. The number of aliphatic carboxylic acids is 1. The minimum Gasteiger partial charge on any atom is -0.481 e. The van der Waals surface area contributed by atoms with Gasteiger partial charge >= 0.3 is 5.97 Å². The molecule has 5 heteroatoms. The summed E-state index contributed by atoms with van der Waals surface area (Å²) in [6.07, 6.45) is 5.08. The average molecular weight is 316 g/mol. The zero-order valence-corrected chi connectivity index (χ0v) is 13.6. The number of amides is 1. The summed E-state index contributed by atoms with van der Waals surface area (Å²) in [7, 11) is 2.02.